The number of nitrogens with one attached hydrogen (secondary N) is 1. The summed E-state index contributed by atoms with van der Waals surface area (Å²) in [6, 6.07) is 9.03. The smallest absolute Gasteiger partial charge is 0.133 e. The molecule has 0 amide bonds. The van der Waals surface area contributed by atoms with Crippen LogP contribution in [0.2, 0.25) is 0 Å². The molecule has 4 heteroatoms. The predicted octanol–water partition coefficient (Wildman–Crippen LogP) is 4.67. The fourth-order valence-electron chi connectivity index (χ4n) is 2.38. The summed E-state index contributed by atoms with van der Waals surface area (Å²) in [5.41, 5.74) is 2.74. The number of hydrogen-bond donors (Lipinski definition) is 1. The summed E-state index contributed by atoms with van der Waals surface area (Å²) in [7, 11) is 1.70. The fourth-order valence-corrected chi connectivity index (χ4v) is 3.65. The van der Waals surface area contributed by atoms with Crippen LogP contribution in [0.25, 0.3) is 0 Å². The van der Waals surface area contributed by atoms with Gasteiger partial charge in [-0.25, -0.2) is 0 Å². The van der Waals surface area contributed by atoms with E-state index in [0.29, 0.717) is 6.04 Å². The van der Waals surface area contributed by atoms with Crippen LogP contribution in [0.3, 0.4) is 0 Å². The van der Waals surface area contributed by atoms with Crippen molar-refractivity contribution in [3.05, 3.63) is 50.6 Å². The van der Waals surface area contributed by atoms with E-state index >= 15 is 0 Å². The molecule has 0 saturated heterocycles. The van der Waals surface area contributed by atoms with Gasteiger partial charge in [0.15, 0.2) is 0 Å². The van der Waals surface area contributed by atoms with Crippen molar-refractivity contribution in [3.63, 3.8) is 0 Å². The first-order chi connectivity index (χ1) is 10.2. The van der Waals surface area contributed by atoms with Crippen molar-refractivity contribution >= 4 is 27.3 Å². The maximum absolute atomic E-state index is 5.29. The SMILES string of the molecule is CCCNC(Cc1ccsc1)Cc1ccc(OC)c(Br)c1. The third kappa shape index (κ3) is 5.13. The molecule has 0 saturated carbocycles. The van der Waals surface area contributed by atoms with Crippen LogP contribution in [0, 0.1) is 0 Å². The lowest BCUT2D eigenvalue weighted by atomic mass is 10.0. The van der Waals surface area contributed by atoms with Crippen LogP contribution < -0.4 is 10.1 Å². The van der Waals surface area contributed by atoms with Crippen molar-refractivity contribution in [2.75, 3.05) is 13.7 Å². The van der Waals surface area contributed by atoms with Crippen molar-refractivity contribution in [2.24, 2.45) is 0 Å². The number of ether oxygens (including phenoxy) is 1. The zero-order chi connectivity index (χ0) is 15.1. The molecule has 1 unspecified atom stereocenters. The Balaban J connectivity index is 2.04. The topological polar surface area (TPSA) is 21.3 Å². The number of methoxy groups -OCH3 is 1. The molecular formula is C17H22BrNOS. The van der Waals surface area contributed by atoms with E-state index in [1.807, 2.05) is 6.07 Å². The lowest BCUT2D eigenvalue weighted by molar-refractivity contribution is 0.411. The van der Waals surface area contributed by atoms with Gasteiger partial charge in [0, 0.05) is 6.04 Å². The van der Waals surface area contributed by atoms with Crippen LogP contribution in [0.15, 0.2) is 39.5 Å². The number of benzene rings is 1. The average Bonchev–Trinajstić information content (AvgIpc) is 2.98. The van der Waals surface area contributed by atoms with Gasteiger partial charge in [-0.15, -0.1) is 0 Å². The summed E-state index contributed by atoms with van der Waals surface area (Å²) >= 11 is 5.33. The van der Waals surface area contributed by atoms with Gasteiger partial charge >= 0.3 is 0 Å². The summed E-state index contributed by atoms with van der Waals surface area (Å²) in [6.45, 7) is 3.27. The second-order valence-corrected chi connectivity index (χ2v) is 6.79. The van der Waals surface area contributed by atoms with E-state index in [-0.39, 0.29) is 0 Å². The number of halogens is 1. The molecule has 2 rings (SSSR count). The summed E-state index contributed by atoms with van der Waals surface area (Å²) in [5, 5.41) is 8.05. The van der Waals surface area contributed by atoms with Gasteiger partial charge < -0.3 is 10.1 Å². The van der Waals surface area contributed by atoms with E-state index in [1.165, 1.54) is 11.1 Å². The first-order valence-electron chi connectivity index (χ1n) is 7.29. The Morgan fingerprint density at radius 3 is 2.67 bits per heavy atom. The summed E-state index contributed by atoms with van der Waals surface area (Å²) < 4.78 is 6.31. The van der Waals surface area contributed by atoms with Gasteiger partial charge in [0.25, 0.3) is 0 Å². The van der Waals surface area contributed by atoms with Crippen molar-refractivity contribution in [1.82, 2.24) is 5.32 Å². The Hall–Kier alpha value is -0.840. The number of thiophene rings is 1. The molecule has 114 valence electrons. The van der Waals surface area contributed by atoms with Crippen molar-refractivity contribution < 1.29 is 4.74 Å². The monoisotopic (exact) mass is 367 g/mol. The van der Waals surface area contributed by atoms with Crippen LogP contribution in [-0.4, -0.2) is 19.7 Å². The second kappa shape index (κ2) is 8.57. The van der Waals surface area contributed by atoms with Gasteiger partial charge in [-0.1, -0.05) is 13.0 Å². The van der Waals surface area contributed by atoms with E-state index in [4.69, 9.17) is 4.74 Å². The molecule has 0 spiro atoms. The van der Waals surface area contributed by atoms with Gasteiger partial charge in [-0.3, -0.25) is 0 Å². The molecule has 2 nitrogen and oxygen atoms in total. The fraction of sp³-hybridized carbons (Fsp3) is 0.412. The highest BCUT2D eigenvalue weighted by atomic mass is 79.9. The molecule has 2 aromatic rings. The van der Waals surface area contributed by atoms with Crippen LogP contribution >= 0.6 is 27.3 Å². The van der Waals surface area contributed by atoms with Crippen molar-refractivity contribution in [1.29, 1.82) is 0 Å². The minimum atomic E-state index is 0.472. The van der Waals surface area contributed by atoms with Crippen LogP contribution in [0.5, 0.6) is 5.75 Å². The van der Waals surface area contributed by atoms with E-state index in [1.54, 1.807) is 18.4 Å². The summed E-state index contributed by atoms with van der Waals surface area (Å²) in [5.74, 6) is 0.884. The summed E-state index contributed by atoms with van der Waals surface area (Å²) in [6.07, 6.45) is 3.26. The molecule has 1 heterocycles. The largest absolute Gasteiger partial charge is 0.496 e. The molecule has 0 radical (unpaired) electrons. The van der Waals surface area contributed by atoms with Gasteiger partial charge in [0.05, 0.1) is 11.6 Å². The molecule has 0 fully saturated rings. The van der Waals surface area contributed by atoms with Crippen LogP contribution in [0.4, 0.5) is 0 Å². The van der Waals surface area contributed by atoms with E-state index in [2.05, 4.69) is 57.1 Å². The minimum absolute atomic E-state index is 0.472. The van der Waals surface area contributed by atoms with Gasteiger partial charge in [0.2, 0.25) is 0 Å². The minimum Gasteiger partial charge on any atom is -0.496 e. The lowest BCUT2D eigenvalue weighted by Crippen LogP contribution is -2.33. The normalized spacial score (nSPS) is 12.3. The van der Waals surface area contributed by atoms with Crippen LogP contribution in [0.1, 0.15) is 24.5 Å². The first-order valence-corrected chi connectivity index (χ1v) is 9.03. The molecule has 0 bridgehead atoms. The third-order valence-corrected chi connectivity index (χ3v) is 4.80. The molecule has 0 aliphatic rings. The van der Waals surface area contributed by atoms with Gasteiger partial charge in [0.1, 0.15) is 5.75 Å². The Morgan fingerprint density at radius 1 is 1.24 bits per heavy atom. The Labute approximate surface area is 139 Å². The second-order valence-electron chi connectivity index (χ2n) is 5.16. The van der Waals surface area contributed by atoms with Gasteiger partial charge in [-0.2, -0.15) is 11.3 Å². The quantitative estimate of drug-likeness (QED) is 0.731. The van der Waals surface area contributed by atoms with Gasteiger partial charge in [-0.05, 0) is 81.8 Å². The van der Waals surface area contributed by atoms with E-state index in [0.717, 1.165) is 36.0 Å². The standard InChI is InChI=1S/C17H22BrNOS/c1-3-7-19-15(10-14-6-8-21-12-14)9-13-4-5-17(20-2)16(18)11-13/h4-6,8,11-12,15,19H,3,7,9-10H2,1-2H3. The maximum Gasteiger partial charge on any atom is 0.133 e. The summed E-state index contributed by atoms with van der Waals surface area (Å²) in [4.78, 5) is 0. The highest BCUT2D eigenvalue weighted by molar-refractivity contribution is 9.10. The zero-order valence-electron chi connectivity index (χ0n) is 12.6. The molecule has 1 atom stereocenters. The lowest BCUT2D eigenvalue weighted by Gasteiger charge is -2.18. The van der Waals surface area contributed by atoms with Crippen LogP contribution in [-0.2, 0) is 12.8 Å². The molecule has 21 heavy (non-hydrogen) atoms. The molecule has 1 aromatic heterocycles. The molecular weight excluding hydrogens is 346 g/mol. The van der Waals surface area contributed by atoms with E-state index < -0.39 is 0 Å². The predicted molar refractivity (Wildman–Crippen MR) is 94.5 cm³/mol. The molecule has 1 aromatic carbocycles. The third-order valence-electron chi connectivity index (χ3n) is 3.44. The van der Waals surface area contributed by atoms with Crippen molar-refractivity contribution in [3.8, 4) is 5.75 Å². The number of hydrogen-bond acceptors (Lipinski definition) is 3. The average molecular weight is 368 g/mol. The van der Waals surface area contributed by atoms with E-state index in [9.17, 15) is 0 Å². The molecule has 0 aliphatic heterocycles. The Bertz CT molecular complexity index is 542. The molecule has 0 aliphatic carbocycles. The maximum atomic E-state index is 5.29. The highest BCUT2D eigenvalue weighted by Gasteiger charge is 2.11. The van der Waals surface area contributed by atoms with Crippen molar-refractivity contribution in [2.45, 2.75) is 32.2 Å². The molecule has 1 N–H and O–H groups in total. The Kier molecular flexibility index (Phi) is 6.74. The number of rotatable bonds is 8. The zero-order valence-corrected chi connectivity index (χ0v) is 15.0. The Morgan fingerprint density at radius 2 is 2.05 bits per heavy atom. The first kappa shape index (κ1) is 16.5. The highest BCUT2D eigenvalue weighted by Crippen LogP contribution is 2.26.